The van der Waals surface area contributed by atoms with Crippen molar-refractivity contribution in [3.05, 3.63) is 65.5 Å². The molecule has 0 saturated heterocycles. The smallest absolute Gasteiger partial charge is 0.248 e. The third-order valence-corrected chi connectivity index (χ3v) is 9.18. The average Bonchev–Trinajstić information content (AvgIpc) is 3.50. The number of nitrogens with zero attached hydrogens (tertiary/aromatic N) is 1. The highest BCUT2D eigenvalue weighted by Crippen LogP contribution is 2.41. The van der Waals surface area contributed by atoms with Gasteiger partial charge in [-0.25, -0.2) is 13.4 Å². The maximum absolute atomic E-state index is 13.4. The predicted octanol–water partition coefficient (Wildman–Crippen LogP) is 4.17. The number of rotatable bonds is 7. The van der Waals surface area contributed by atoms with Crippen LogP contribution in [-0.2, 0) is 26.0 Å². The summed E-state index contributed by atoms with van der Waals surface area (Å²) >= 11 is 1.26. The van der Waals surface area contributed by atoms with Crippen LogP contribution in [0, 0.1) is 0 Å². The molecule has 2 aromatic carbocycles. The Kier molecular flexibility index (Phi) is 6.62. The van der Waals surface area contributed by atoms with Crippen LogP contribution in [0.1, 0.15) is 38.2 Å². The van der Waals surface area contributed by atoms with Crippen LogP contribution in [0.3, 0.4) is 0 Å². The monoisotopic (exact) mass is 483 g/mol. The molecule has 3 aromatic rings. The fraction of sp³-hybridized carbons (Fsp3) is 0.292. The minimum Gasteiger partial charge on any atom is -0.352 e. The summed E-state index contributed by atoms with van der Waals surface area (Å²) in [4.78, 5) is 29.1. The van der Waals surface area contributed by atoms with Gasteiger partial charge in [-0.2, -0.15) is 0 Å². The molecular formula is C24H25N3O4S2. The van der Waals surface area contributed by atoms with Crippen molar-refractivity contribution in [1.29, 1.82) is 0 Å². The van der Waals surface area contributed by atoms with Gasteiger partial charge in [0.2, 0.25) is 11.8 Å². The van der Waals surface area contributed by atoms with E-state index >= 15 is 0 Å². The topological polar surface area (TPSA) is 105 Å². The van der Waals surface area contributed by atoms with Gasteiger partial charge in [0.25, 0.3) is 0 Å². The molecule has 0 aliphatic heterocycles. The highest BCUT2D eigenvalue weighted by Gasteiger charge is 2.53. The number of amides is 2. The van der Waals surface area contributed by atoms with E-state index in [0.29, 0.717) is 43.1 Å². The van der Waals surface area contributed by atoms with E-state index in [1.807, 2.05) is 29.6 Å². The van der Waals surface area contributed by atoms with Crippen molar-refractivity contribution in [3.8, 4) is 11.3 Å². The van der Waals surface area contributed by atoms with Crippen LogP contribution in [0.5, 0.6) is 0 Å². The predicted molar refractivity (Wildman–Crippen MR) is 129 cm³/mol. The van der Waals surface area contributed by atoms with Crippen molar-refractivity contribution < 1.29 is 18.0 Å². The molecule has 0 atom stereocenters. The number of thiazole rings is 1. The fourth-order valence-electron chi connectivity index (χ4n) is 4.08. The van der Waals surface area contributed by atoms with Crippen molar-refractivity contribution in [3.63, 3.8) is 0 Å². The lowest BCUT2D eigenvalue weighted by Crippen LogP contribution is -2.47. The number of hydrogen-bond donors (Lipinski definition) is 2. The lowest BCUT2D eigenvalue weighted by molar-refractivity contribution is -0.119. The van der Waals surface area contributed by atoms with Gasteiger partial charge in [-0.05, 0) is 30.5 Å². The lowest BCUT2D eigenvalue weighted by atomic mass is 10.1. The molecule has 172 valence electrons. The molecule has 0 radical (unpaired) electrons. The fourth-order valence-corrected chi connectivity index (χ4v) is 6.89. The summed E-state index contributed by atoms with van der Waals surface area (Å²) in [6, 6.07) is 15.8. The lowest BCUT2D eigenvalue weighted by Gasteiger charge is -2.27. The molecule has 1 aliphatic carbocycles. The molecule has 1 heterocycles. The molecule has 7 nitrogen and oxygen atoms in total. The van der Waals surface area contributed by atoms with E-state index in [1.54, 1.807) is 30.3 Å². The molecule has 2 amide bonds. The van der Waals surface area contributed by atoms with Gasteiger partial charge in [0, 0.05) is 24.4 Å². The molecule has 1 fully saturated rings. The Morgan fingerprint density at radius 3 is 2.33 bits per heavy atom. The first kappa shape index (κ1) is 23.1. The molecule has 9 heteroatoms. The zero-order valence-electron chi connectivity index (χ0n) is 18.2. The van der Waals surface area contributed by atoms with E-state index in [4.69, 9.17) is 0 Å². The van der Waals surface area contributed by atoms with E-state index in [1.165, 1.54) is 18.3 Å². The molecule has 2 N–H and O–H groups in total. The van der Waals surface area contributed by atoms with Gasteiger partial charge in [0.05, 0.1) is 10.6 Å². The minimum atomic E-state index is -3.85. The van der Waals surface area contributed by atoms with Crippen LogP contribution in [0.2, 0.25) is 0 Å². The highest BCUT2D eigenvalue weighted by molar-refractivity contribution is 7.93. The summed E-state index contributed by atoms with van der Waals surface area (Å²) in [5.74, 6) is -0.608. The number of anilines is 1. The quantitative estimate of drug-likeness (QED) is 0.525. The van der Waals surface area contributed by atoms with E-state index in [-0.39, 0.29) is 10.8 Å². The van der Waals surface area contributed by atoms with Crippen molar-refractivity contribution >= 4 is 38.1 Å². The van der Waals surface area contributed by atoms with Crippen LogP contribution in [-0.4, -0.2) is 30.0 Å². The maximum Gasteiger partial charge on any atom is 0.248 e. The number of carbonyl (C=O) groups excluding carboxylic acids is 2. The van der Waals surface area contributed by atoms with Crippen LogP contribution >= 0.6 is 11.3 Å². The average molecular weight is 484 g/mol. The molecule has 1 saturated carbocycles. The third kappa shape index (κ3) is 4.69. The van der Waals surface area contributed by atoms with Crippen LogP contribution in [0.4, 0.5) is 5.13 Å². The summed E-state index contributed by atoms with van der Waals surface area (Å²) in [5.41, 5.74) is 2.52. The Bertz CT molecular complexity index is 1250. The van der Waals surface area contributed by atoms with Gasteiger partial charge < -0.3 is 10.6 Å². The number of carbonyl (C=O) groups is 2. The summed E-state index contributed by atoms with van der Waals surface area (Å²) < 4.78 is 25.4. The summed E-state index contributed by atoms with van der Waals surface area (Å²) in [6.45, 7) is 1.92. The number of nitrogens with one attached hydrogen (secondary N) is 2. The Hall–Kier alpha value is -3.04. The molecule has 33 heavy (non-hydrogen) atoms. The van der Waals surface area contributed by atoms with E-state index < -0.39 is 20.5 Å². The second kappa shape index (κ2) is 9.44. The van der Waals surface area contributed by atoms with Crippen LogP contribution in [0.25, 0.3) is 11.3 Å². The Morgan fingerprint density at radius 1 is 1.03 bits per heavy atom. The van der Waals surface area contributed by atoms with E-state index in [0.717, 1.165) is 11.1 Å². The first-order chi connectivity index (χ1) is 15.8. The van der Waals surface area contributed by atoms with Gasteiger partial charge in [0.1, 0.15) is 0 Å². The van der Waals surface area contributed by atoms with Crippen molar-refractivity contribution in [2.75, 3.05) is 5.32 Å². The molecule has 0 unspecified atom stereocenters. The Balaban J connectivity index is 1.52. The van der Waals surface area contributed by atoms with Gasteiger partial charge in [0.15, 0.2) is 19.7 Å². The summed E-state index contributed by atoms with van der Waals surface area (Å²) in [7, 11) is -3.85. The normalized spacial score (nSPS) is 15.2. The van der Waals surface area contributed by atoms with Crippen LogP contribution < -0.4 is 10.6 Å². The first-order valence-electron chi connectivity index (χ1n) is 10.7. The highest BCUT2D eigenvalue weighted by atomic mass is 32.2. The standard InChI is InChI=1S/C24H25N3O4S2/c1-17(28)25-15-18-9-11-19(12-10-18)21-16-32-23(26-21)27-22(29)24(13-5-6-14-24)33(30,31)20-7-3-2-4-8-20/h2-4,7-12,16H,5-6,13-15H2,1H3,(H,25,28)(H,26,27,29). The van der Waals surface area contributed by atoms with Gasteiger partial charge in [-0.3, -0.25) is 9.59 Å². The Morgan fingerprint density at radius 2 is 1.70 bits per heavy atom. The van der Waals surface area contributed by atoms with Gasteiger partial charge in [-0.15, -0.1) is 11.3 Å². The number of sulfone groups is 1. The number of benzene rings is 2. The van der Waals surface area contributed by atoms with E-state index in [2.05, 4.69) is 15.6 Å². The zero-order valence-corrected chi connectivity index (χ0v) is 19.8. The largest absolute Gasteiger partial charge is 0.352 e. The van der Waals surface area contributed by atoms with Crippen molar-refractivity contribution in [1.82, 2.24) is 10.3 Å². The van der Waals surface area contributed by atoms with Crippen molar-refractivity contribution in [2.24, 2.45) is 0 Å². The SMILES string of the molecule is CC(=O)NCc1ccc(-c2csc(NC(=O)C3(S(=O)(=O)c4ccccc4)CCCC3)n2)cc1. The molecule has 0 spiro atoms. The molecular weight excluding hydrogens is 458 g/mol. The van der Waals surface area contributed by atoms with Gasteiger partial charge >= 0.3 is 0 Å². The second-order valence-electron chi connectivity index (χ2n) is 8.12. The number of hydrogen-bond acceptors (Lipinski definition) is 6. The third-order valence-electron chi connectivity index (χ3n) is 5.91. The van der Waals surface area contributed by atoms with Crippen molar-refractivity contribution in [2.45, 2.75) is 48.8 Å². The van der Waals surface area contributed by atoms with Crippen LogP contribution in [0.15, 0.2) is 64.9 Å². The molecule has 0 bridgehead atoms. The minimum absolute atomic E-state index is 0.0896. The molecule has 4 rings (SSSR count). The summed E-state index contributed by atoms with van der Waals surface area (Å²) in [6.07, 6.45) is 1.97. The maximum atomic E-state index is 13.4. The number of aromatic nitrogens is 1. The first-order valence-corrected chi connectivity index (χ1v) is 13.1. The zero-order chi connectivity index (χ0) is 23.5. The van der Waals surface area contributed by atoms with E-state index in [9.17, 15) is 18.0 Å². The molecule has 1 aromatic heterocycles. The second-order valence-corrected chi connectivity index (χ2v) is 11.2. The van der Waals surface area contributed by atoms with Gasteiger partial charge in [-0.1, -0.05) is 55.3 Å². The Labute approximate surface area is 197 Å². The molecule has 1 aliphatic rings. The summed E-state index contributed by atoms with van der Waals surface area (Å²) in [5, 5.41) is 7.72.